The van der Waals surface area contributed by atoms with Gasteiger partial charge in [-0.1, -0.05) is 36.8 Å². The molecule has 6 nitrogen and oxygen atoms in total. The predicted octanol–water partition coefficient (Wildman–Crippen LogP) is 3.92. The van der Waals surface area contributed by atoms with Crippen molar-refractivity contribution in [3.63, 3.8) is 0 Å². The van der Waals surface area contributed by atoms with Crippen LogP contribution >= 0.6 is 0 Å². The second-order valence-corrected chi connectivity index (χ2v) is 7.79. The molecule has 0 saturated carbocycles. The minimum atomic E-state index is -0.617. The van der Waals surface area contributed by atoms with Crippen LogP contribution in [0.3, 0.4) is 0 Å². The summed E-state index contributed by atoms with van der Waals surface area (Å²) in [6.07, 6.45) is 1.95. The Morgan fingerprint density at radius 3 is 2.48 bits per heavy atom. The summed E-state index contributed by atoms with van der Waals surface area (Å²) in [6, 6.07) is 7.53. The van der Waals surface area contributed by atoms with E-state index in [9.17, 15) is 14.4 Å². The number of benzene rings is 1. The number of rotatable bonds is 5. The van der Waals surface area contributed by atoms with E-state index in [0.29, 0.717) is 41.4 Å². The zero-order valence-electron chi connectivity index (χ0n) is 17.5. The van der Waals surface area contributed by atoms with Crippen molar-refractivity contribution in [1.29, 1.82) is 0 Å². The summed E-state index contributed by atoms with van der Waals surface area (Å²) in [5.41, 5.74) is 3.17. The van der Waals surface area contributed by atoms with Crippen molar-refractivity contribution in [1.82, 2.24) is 9.88 Å². The monoisotopic (exact) mass is 396 g/mol. The zero-order chi connectivity index (χ0) is 21.1. The lowest BCUT2D eigenvalue weighted by Gasteiger charge is -2.30. The van der Waals surface area contributed by atoms with Gasteiger partial charge in [0, 0.05) is 24.3 Å². The van der Waals surface area contributed by atoms with Crippen LogP contribution in [0.25, 0.3) is 11.1 Å². The van der Waals surface area contributed by atoms with Crippen LogP contribution in [0.1, 0.15) is 58.8 Å². The van der Waals surface area contributed by atoms with E-state index >= 15 is 0 Å². The fourth-order valence-corrected chi connectivity index (χ4v) is 3.89. The van der Waals surface area contributed by atoms with Crippen LogP contribution in [-0.2, 0) is 9.53 Å². The molecule has 0 bridgehead atoms. The summed E-state index contributed by atoms with van der Waals surface area (Å²) in [5.74, 6) is -1.28. The number of hydrogen-bond donors (Lipinski definition) is 1. The molecule has 1 aliphatic heterocycles. The fraction of sp³-hybridized carbons (Fsp3) is 0.435. The van der Waals surface area contributed by atoms with Gasteiger partial charge in [-0.2, -0.15) is 0 Å². The highest BCUT2D eigenvalue weighted by atomic mass is 16.5. The average Bonchev–Trinajstić information content (AvgIpc) is 3.04. The smallest absolute Gasteiger partial charge is 0.340 e. The zero-order valence-corrected chi connectivity index (χ0v) is 17.5. The maximum Gasteiger partial charge on any atom is 0.340 e. The molecule has 1 fully saturated rings. The summed E-state index contributed by atoms with van der Waals surface area (Å²) in [6.45, 7) is 8.89. The van der Waals surface area contributed by atoms with E-state index in [1.54, 1.807) is 18.7 Å². The van der Waals surface area contributed by atoms with Crippen molar-refractivity contribution >= 4 is 17.7 Å². The highest BCUT2D eigenvalue weighted by molar-refractivity contribution is 6.43. The summed E-state index contributed by atoms with van der Waals surface area (Å²) < 4.78 is 5.21. The molecular weight excluding hydrogens is 368 g/mol. The van der Waals surface area contributed by atoms with E-state index < -0.39 is 17.7 Å². The van der Waals surface area contributed by atoms with Gasteiger partial charge in [0.05, 0.1) is 12.2 Å². The molecule has 1 aromatic carbocycles. The first-order valence-corrected chi connectivity index (χ1v) is 10.1. The summed E-state index contributed by atoms with van der Waals surface area (Å²) in [4.78, 5) is 43.4. The molecule has 3 rings (SSSR count). The molecule has 1 atom stereocenters. The highest BCUT2D eigenvalue weighted by Crippen LogP contribution is 2.32. The number of amides is 1. The van der Waals surface area contributed by atoms with Gasteiger partial charge in [-0.25, -0.2) is 4.79 Å². The molecule has 2 aromatic rings. The number of carbonyl (C=O) groups is 3. The average molecular weight is 396 g/mol. The Balaban J connectivity index is 2.07. The first-order chi connectivity index (χ1) is 13.8. The van der Waals surface area contributed by atoms with E-state index in [1.807, 2.05) is 31.2 Å². The highest BCUT2D eigenvalue weighted by Gasteiger charge is 2.33. The van der Waals surface area contributed by atoms with Gasteiger partial charge in [-0.3, -0.25) is 9.59 Å². The first kappa shape index (κ1) is 20.8. The Labute approximate surface area is 171 Å². The summed E-state index contributed by atoms with van der Waals surface area (Å²) in [7, 11) is 0. The largest absolute Gasteiger partial charge is 0.462 e. The molecule has 1 N–H and O–H groups in total. The number of nitrogens with zero attached hydrogens (tertiary/aromatic N) is 1. The van der Waals surface area contributed by atoms with Gasteiger partial charge in [0.25, 0.3) is 11.7 Å². The number of H-pyrrole nitrogens is 1. The van der Waals surface area contributed by atoms with Crippen LogP contribution in [0.15, 0.2) is 24.3 Å². The van der Waals surface area contributed by atoms with Crippen molar-refractivity contribution in [3.05, 3.63) is 46.8 Å². The second kappa shape index (κ2) is 8.64. The number of ether oxygens (including phenoxy) is 1. The quantitative estimate of drug-likeness (QED) is 0.472. The topological polar surface area (TPSA) is 79.5 Å². The Kier molecular flexibility index (Phi) is 6.20. The van der Waals surface area contributed by atoms with Crippen molar-refractivity contribution in [3.8, 4) is 11.1 Å². The molecule has 2 heterocycles. The molecule has 0 spiro atoms. The van der Waals surface area contributed by atoms with Gasteiger partial charge in [-0.15, -0.1) is 0 Å². The molecule has 1 aliphatic rings. The lowest BCUT2D eigenvalue weighted by Crippen LogP contribution is -2.43. The number of piperidine rings is 1. The van der Waals surface area contributed by atoms with Gasteiger partial charge in [-0.05, 0) is 45.1 Å². The number of esters is 1. The fourth-order valence-electron chi connectivity index (χ4n) is 3.89. The van der Waals surface area contributed by atoms with E-state index in [4.69, 9.17) is 4.74 Å². The number of nitrogens with one attached hydrogen (secondary N) is 1. The lowest BCUT2D eigenvalue weighted by molar-refractivity contribution is -0.128. The minimum absolute atomic E-state index is 0.151. The molecule has 0 radical (unpaired) electrons. The molecule has 1 aromatic heterocycles. The Hall–Kier alpha value is -2.89. The van der Waals surface area contributed by atoms with Crippen LogP contribution in [-0.4, -0.2) is 47.2 Å². The van der Waals surface area contributed by atoms with Crippen molar-refractivity contribution in [2.75, 3.05) is 19.7 Å². The van der Waals surface area contributed by atoms with Crippen LogP contribution in [0.2, 0.25) is 0 Å². The Morgan fingerprint density at radius 2 is 1.86 bits per heavy atom. The first-order valence-electron chi connectivity index (χ1n) is 10.1. The van der Waals surface area contributed by atoms with Crippen molar-refractivity contribution in [2.24, 2.45) is 5.92 Å². The van der Waals surface area contributed by atoms with Crippen LogP contribution in [0.4, 0.5) is 0 Å². The number of hydrogen-bond acceptors (Lipinski definition) is 4. The third-order valence-corrected chi connectivity index (χ3v) is 5.37. The van der Waals surface area contributed by atoms with Gasteiger partial charge >= 0.3 is 5.97 Å². The third kappa shape index (κ3) is 4.26. The minimum Gasteiger partial charge on any atom is -0.462 e. The number of carbonyl (C=O) groups excluding carboxylic acids is 3. The summed E-state index contributed by atoms with van der Waals surface area (Å²) in [5, 5.41) is 0. The molecule has 0 unspecified atom stereocenters. The van der Waals surface area contributed by atoms with Gasteiger partial charge in [0.2, 0.25) is 0 Å². The third-order valence-electron chi connectivity index (χ3n) is 5.37. The molecule has 6 heteroatoms. The summed E-state index contributed by atoms with van der Waals surface area (Å²) >= 11 is 0. The molecule has 29 heavy (non-hydrogen) atoms. The number of Topliss-reactive ketones (excluding diaryl/α,β-unsaturated/α-hetero) is 1. The molecule has 1 amide bonds. The Bertz CT molecular complexity index is 927. The van der Waals surface area contributed by atoms with Crippen molar-refractivity contribution < 1.29 is 19.1 Å². The molecule has 154 valence electrons. The van der Waals surface area contributed by atoms with E-state index in [2.05, 4.69) is 11.9 Å². The Morgan fingerprint density at radius 1 is 1.17 bits per heavy atom. The lowest BCUT2D eigenvalue weighted by atomic mass is 9.96. The van der Waals surface area contributed by atoms with Crippen molar-refractivity contribution in [2.45, 2.75) is 40.5 Å². The van der Waals surface area contributed by atoms with Gasteiger partial charge < -0.3 is 14.6 Å². The van der Waals surface area contributed by atoms with E-state index in [-0.39, 0.29) is 12.3 Å². The number of aryl methyl sites for hydroxylation is 2. The number of ketones is 1. The number of likely N-dealkylation sites (tertiary alicyclic amines) is 1. The predicted molar refractivity (Wildman–Crippen MR) is 111 cm³/mol. The number of aromatic amines is 1. The normalized spacial score (nSPS) is 16.6. The van der Waals surface area contributed by atoms with E-state index in [1.165, 1.54) is 0 Å². The maximum atomic E-state index is 13.2. The molecular formula is C23H28N2O4. The molecule has 0 aliphatic carbocycles. The standard InChI is InChI=1S/C23H28N2O4/c1-5-29-23(28)18-16(4)24-20(19(18)17-10-8-14(2)9-11-17)21(26)22(27)25-12-6-7-15(3)13-25/h8-11,15,24H,5-7,12-13H2,1-4H3/t15-/m0/s1. The molecule has 1 saturated heterocycles. The van der Waals surface area contributed by atoms with Gasteiger partial charge in [0.15, 0.2) is 0 Å². The SMILES string of the molecule is CCOC(=O)c1c(C)[nH]c(C(=O)C(=O)N2CCC[C@H](C)C2)c1-c1ccc(C)cc1. The van der Waals surface area contributed by atoms with Crippen LogP contribution in [0, 0.1) is 19.8 Å². The van der Waals surface area contributed by atoms with Crippen LogP contribution in [0.5, 0.6) is 0 Å². The van der Waals surface area contributed by atoms with Gasteiger partial charge in [0.1, 0.15) is 5.69 Å². The maximum absolute atomic E-state index is 13.2. The van der Waals surface area contributed by atoms with Crippen LogP contribution < -0.4 is 0 Å². The van der Waals surface area contributed by atoms with E-state index in [0.717, 1.165) is 18.4 Å². The number of aromatic nitrogens is 1. The second-order valence-electron chi connectivity index (χ2n) is 7.79.